The molecular formula is C16H16ClN3O2. The van der Waals surface area contributed by atoms with E-state index < -0.39 is 0 Å². The van der Waals surface area contributed by atoms with E-state index in [-0.39, 0.29) is 17.9 Å². The molecule has 6 heteroatoms. The molecule has 22 heavy (non-hydrogen) atoms. The number of benzene rings is 1. The monoisotopic (exact) mass is 317 g/mol. The van der Waals surface area contributed by atoms with Crippen molar-refractivity contribution in [1.82, 2.24) is 10.0 Å². The molecule has 2 N–H and O–H groups in total. The van der Waals surface area contributed by atoms with E-state index in [1.165, 1.54) is 0 Å². The summed E-state index contributed by atoms with van der Waals surface area (Å²) in [7, 11) is 0. The molecule has 0 spiro atoms. The maximum atomic E-state index is 11.7. The topological polar surface area (TPSA) is 68.5 Å². The van der Waals surface area contributed by atoms with E-state index in [9.17, 15) is 4.79 Å². The quantitative estimate of drug-likeness (QED) is 0.941. The average molecular weight is 318 g/mol. The number of hydrogen-bond donors (Lipinski definition) is 1. The molecule has 0 aliphatic carbocycles. The Kier molecular flexibility index (Phi) is 4.27. The Morgan fingerprint density at radius 2 is 2.05 bits per heavy atom. The fourth-order valence-corrected chi connectivity index (χ4v) is 2.88. The third-order valence-electron chi connectivity index (χ3n) is 3.76. The van der Waals surface area contributed by atoms with Gasteiger partial charge in [0.15, 0.2) is 5.75 Å². The Balaban J connectivity index is 1.90. The smallest absolute Gasteiger partial charge is 0.222 e. The molecule has 1 aromatic carbocycles. The summed E-state index contributed by atoms with van der Waals surface area (Å²) in [5.41, 5.74) is 6.30. The molecule has 1 amide bonds. The van der Waals surface area contributed by atoms with Gasteiger partial charge in [-0.15, -0.1) is 5.06 Å². The first-order valence-corrected chi connectivity index (χ1v) is 7.44. The fourth-order valence-electron chi connectivity index (χ4n) is 2.71. The van der Waals surface area contributed by atoms with Crippen LogP contribution in [0.1, 0.15) is 18.2 Å². The second-order valence-corrected chi connectivity index (χ2v) is 5.57. The van der Waals surface area contributed by atoms with Crippen LogP contribution >= 0.6 is 11.6 Å². The van der Waals surface area contributed by atoms with Gasteiger partial charge in [0, 0.05) is 12.7 Å². The summed E-state index contributed by atoms with van der Waals surface area (Å²) in [4.78, 5) is 22.0. The van der Waals surface area contributed by atoms with Gasteiger partial charge in [0.1, 0.15) is 0 Å². The molecule has 2 aromatic rings. The Hall–Kier alpha value is -2.11. The normalized spacial score (nSPS) is 21.7. The van der Waals surface area contributed by atoms with E-state index in [0.29, 0.717) is 23.7 Å². The predicted molar refractivity (Wildman–Crippen MR) is 83.1 cm³/mol. The maximum absolute atomic E-state index is 11.7. The van der Waals surface area contributed by atoms with Gasteiger partial charge in [-0.05, 0) is 30.7 Å². The molecule has 2 heterocycles. The molecule has 3 rings (SSSR count). The van der Waals surface area contributed by atoms with Crippen LogP contribution in [0.2, 0.25) is 5.02 Å². The number of carbonyl (C=O) groups excluding carboxylic acids is 1. The van der Waals surface area contributed by atoms with Gasteiger partial charge in [-0.2, -0.15) is 0 Å². The number of para-hydroxylation sites is 1. The molecule has 0 bridgehead atoms. The molecule has 0 radical (unpaired) electrons. The van der Waals surface area contributed by atoms with E-state index in [1.54, 1.807) is 23.4 Å². The summed E-state index contributed by atoms with van der Waals surface area (Å²) in [6, 6.07) is 12.5. The van der Waals surface area contributed by atoms with Crippen molar-refractivity contribution < 1.29 is 9.63 Å². The minimum atomic E-state index is -0.346. The van der Waals surface area contributed by atoms with Crippen LogP contribution < -0.4 is 10.6 Å². The van der Waals surface area contributed by atoms with Crippen molar-refractivity contribution in [3.8, 4) is 5.75 Å². The van der Waals surface area contributed by atoms with Gasteiger partial charge in [0.2, 0.25) is 5.91 Å². The number of rotatable bonds is 4. The maximum Gasteiger partial charge on any atom is 0.222 e. The highest BCUT2D eigenvalue weighted by Gasteiger charge is 2.41. The molecule has 1 aliphatic heterocycles. The van der Waals surface area contributed by atoms with E-state index in [2.05, 4.69) is 4.98 Å². The summed E-state index contributed by atoms with van der Waals surface area (Å²) in [6.07, 6.45) is 2.32. The van der Waals surface area contributed by atoms with E-state index in [1.807, 2.05) is 30.3 Å². The number of pyridine rings is 1. The Morgan fingerprint density at radius 1 is 1.27 bits per heavy atom. The third-order valence-corrected chi connectivity index (χ3v) is 4.07. The molecular weight excluding hydrogens is 302 g/mol. The number of nitrogens with zero attached hydrogens (tertiary/aromatic N) is 2. The molecule has 1 fully saturated rings. The van der Waals surface area contributed by atoms with Gasteiger partial charge in [-0.1, -0.05) is 29.8 Å². The van der Waals surface area contributed by atoms with Gasteiger partial charge in [0.05, 0.1) is 22.7 Å². The molecule has 1 saturated heterocycles. The first kappa shape index (κ1) is 14.8. The lowest BCUT2D eigenvalue weighted by Crippen LogP contribution is -2.34. The number of aromatic nitrogens is 1. The van der Waals surface area contributed by atoms with E-state index in [0.717, 1.165) is 5.69 Å². The van der Waals surface area contributed by atoms with Crippen LogP contribution in [0.25, 0.3) is 0 Å². The Labute approximate surface area is 133 Å². The zero-order valence-corrected chi connectivity index (χ0v) is 12.6. The highest BCUT2D eigenvalue weighted by Crippen LogP contribution is 2.37. The third kappa shape index (κ3) is 2.91. The van der Waals surface area contributed by atoms with Crippen molar-refractivity contribution >= 4 is 17.5 Å². The first-order valence-electron chi connectivity index (χ1n) is 7.06. The lowest BCUT2D eigenvalue weighted by molar-refractivity contribution is -0.127. The number of primary amides is 1. The molecule has 0 saturated carbocycles. The lowest BCUT2D eigenvalue weighted by Gasteiger charge is -2.26. The zero-order valence-electron chi connectivity index (χ0n) is 11.9. The number of carbonyl (C=O) groups is 1. The molecule has 1 aliphatic rings. The zero-order chi connectivity index (χ0) is 15.5. The highest BCUT2D eigenvalue weighted by atomic mass is 35.5. The predicted octanol–water partition coefficient (Wildman–Crippen LogP) is 2.58. The van der Waals surface area contributed by atoms with Crippen LogP contribution in [0.4, 0.5) is 0 Å². The molecule has 114 valence electrons. The first-order chi connectivity index (χ1) is 10.7. The summed E-state index contributed by atoms with van der Waals surface area (Å²) in [5, 5.41) is 2.25. The summed E-state index contributed by atoms with van der Waals surface area (Å²) in [6.45, 7) is 0.583. The van der Waals surface area contributed by atoms with Crippen molar-refractivity contribution in [2.45, 2.75) is 12.5 Å². The van der Waals surface area contributed by atoms with Gasteiger partial charge >= 0.3 is 0 Å². The lowest BCUT2D eigenvalue weighted by atomic mass is 9.97. The van der Waals surface area contributed by atoms with Crippen molar-refractivity contribution in [3.63, 3.8) is 0 Å². The van der Waals surface area contributed by atoms with Crippen molar-refractivity contribution in [2.24, 2.45) is 11.7 Å². The van der Waals surface area contributed by atoms with Gasteiger partial charge < -0.3 is 10.6 Å². The second kappa shape index (κ2) is 6.34. The van der Waals surface area contributed by atoms with Crippen molar-refractivity contribution in [3.05, 3.63) is 59.4 Å². The Bertz CT molecular complexity index is 665. The largest absolute Gasteiger partial charge is 0.404 e. The minimum Gasteiger partial charge on any atom is -0.404 e. The van der Waals surface area contributed by atoms with Crippen LogP contribution in [-0.2, 0) is 4.79 Å². The summed E-state index contributed by atoms with van der Waals surface area (Å²) in [5.74, 6) is -0.131. The highest BCUT2D eigenvalue weighted by molar-refractivity contribution is 6.32. The van der Waals surface area contributed by atoms with Crippen LogP contribution in [-0.4, -0.2) is 22.5 Å². The summed E-state index contributed by atoms with van der Waals surface area (Å²) < 4.78 is 0. The van der Waals surface area contributed by atoms with Crippen LogP contribution in [0.3, 0.4) is 0 Å². The summed E-state index contributed by atoms with van der Waals surface area (Å²) >= 11 is 6.14. The number of hydroxylamine groups is 2. The van der Waals surface area contributed by atoms with E-state index >= 15 is 0 Å². The van der Waals surface area contributed by atoms with E-state index in [4.69, 9.17) is 22.2 Å². The number of amides is 1. The second-order valence-electron chi connectivity index (χ2n) is 5.16. The Morgan fingerprint density at radius 3 is 2.73 bits per heavy atom. The van der Waals surface area contributed by atoms with Crippen LogP contribution in [0.15, 0.2) is 48.7 Å². The molecule has 2 atom stereocenters. The van der Waals surface area contributed by atoms with Crippen LogP contribution in [0, 0.1) is 5.92 Å². The molecule has 5 nitrogen and oxygen atoms in total. The molecule has 2 unspecified atom stereocenters. The molecule has 1 aromatic heterocycles. The van der Waals surface area contributed by atoms with Gasteiger partial charge in [-0.25, -0.2) is 0 Å². The fraction of sp³-hybridized carbons (Fsp3) is 0.250. The SMILES string of the molecule is NC(=O)C1CCN(Oc2ccccc2Cl)C1c1ccccn1. The number of nitrogens with two attached hydrogens (primary N) is 1. The van der Waals surface area contributed by atoms with Gasteiger partial charge in [0.25, 0.3) is 0 Å². The minimum absolute atomic E-state index is 0.310. The average Bonchev–Trinajstić information content (AvgIpc) is 2.94. The number of halogens is 1. The van der Waals surface area contributed by atoms with Crippen molar-refractivity contribution in [2.75, 3.05) is 6.54 Å². The van der Waals surface area contributed by atoms with Crippen LogP contribution in [0.5, 0.6) is 5.75 Å². The standard InChI is InChI=1S/C16H16ClN3O2/c17-12-5-1-2-7-14(12)22-20-10-8-11(16(18)21)15(20)13-6-3-4-9-19-13/h1-7,9,11,15H,8,10H2,(H2,18,21). The van der Waals surface area contributed by atoms with Gasteiger partial charge in [-0.3, -0.25) is 9.78 Å². The number of hydrogen-bond acceptors (Lipinski definition) is 4. The van der Waals surface area contributed by atoms with Crippen molar-refractivity contribution in [1.29, 1.82) is 0 Å².